The van der Waals surface area contributed by atoms with Gasteiger partial charge in [0, 0.05) is 4.90 Å². The predicted octanol–water partition coefficient (Wildman–Crippen LogP) is 2.86. The molecule has 10 heavy (non-hydrogen) atoms. The lowest BCUT2D eigenvalue weighted by atomic mass is 10.2. The van der Waals surface area contributed by atoms with E-state index in [2.05, 4.69) is 0 Å². The van der Waals surface area contributed by atoms with Gasteiger partial charge in [0.2, 0.25) is 0 Å². The van der Waals surface area contributed by atoms with Crippen molar-refractivity contribution < 1.29 is 4.39 Å². The topological polar surface area (TPSA) is 0 Å². The van der Waals surface area contributed by atoms with E-state index in [0.29, 0.717) is 5.56 Å². The molecule has 0 aliphatic carbocycles. The Balaban J connectivity index is 3.04. The fourth-order valence-corrected chi connectivity index (χ4v) is 1.24. The van der Waals surface area contributed by atoms with Crippen LogP contribution in [-0.4, -0.2) is 6.26 Å². The molecule has 0 radical (unpaired) electrons. The van der Waals surface area contributed by atoms with E-state index in [1.165, 1.54) is 6.07 Å². The van der Waals surface area contributed by atoms with Crippen LogP contribution in [0.4, 0.5) is 4.39 Å². The smallest absolute Gasteiger partial charge is 0.126 e. The Labute approximate surface area is 64.4 Å². The molecule has 0 amide bonds. The molecule has 0 N–H and O–H groups in total. The molecule has 0 bridgehead atoms. The van der Waals surface area contributed by atoms with Gasteiger partial charge in [-0.1, -0.05) is 0 Å². The van der Waals surface area contributed by atoms with Gasteiger partial charge < -0.3 is 0 Å². The second kappa shape index (κ2) is 3.06. The highest BCUT2D eigenvalue weighted by Gasteiger charge is 1.95. The first-order valence-electron chi connectivity index (χ1n) is 3.04. The summed E-state index contributed by atoms with van der Waals surface area (Å²) >= 11 is 1.62. The van der Waals surface area contributed by atoms with E-state index >= 15 is 0 Å². The summed E-state index contributed by atoms with van der Waals surface area (Å²) in [6, 6.07) is 5.13. The van der Waals surface area contributed by atoms with Gasteiger partial charge in [0.25, 0.3) is 0 Å². The van der Waals surface area contributed by atoms with Gasteiger partial charge >= 0.3 is 0 Å². The third-order valence-electron chi connectivity index (χ3n) is 1.37. The number of hydrogen-bond acceptors (Lipinski definition) is 1. The number of hydrogen-bond donors (Lipinski definition) is 0. The second-order valence-electron chi connectivity index (χ2n) is 2.12. The summed E-state index contributed by atoms with van der Waals surface area (Å²) in [5.41, 5.74) is 0.715. The van der Waals surface area contributed by atoms with E-state index in [9.17, 15) is 4.39 Å². The number of rotatable bonds is 1. The molecule has 0 aromatic heterocycles. The summed E-state index contributed by atoms with van der Waals surface area (Å²) in [5, 5.41) is 0. The van der Waals surface area contributed by atoms with Gasteiger partial charge in [-0.2, -0.15) is 0 Å². The van der Waals surface area contributed by atoms with Gasteiger partial charge in [-0.3, -0.25) is 0 Å². The van der Waals surface area contributed by atoms with Gasteiger partial charge in [-0.15, -0.1) is 11.8 Å². The van der Waals surface area contributed by atoms with Gasteiger partial charge in [-0.05, 0) is 36.9 Å². The molecular formula is C8H9FS. The molecular weight excluding hydrogens is 147 g/mol. The average molecular weight is 156 g/mol. The van der Waals surface area contributed by atoms with Crippen LogP contribution in [0.2, 0.25) is 0 Å². The van der Waals surface area contributed by atoms with Crippen molar-refractivity contribution in [1.29, 1.82) is 0 Å². The molecule has 0 fully saturated rings. The highest BCUT2D eigenvalue weighted by atomic mass is 32.2. The standard InChI is InChI=1S/C8H9FS/c1-6-5-7(10-2)3-4-8(6)9/h3-5H,1-2H3. The molecule has 1 aromatic rings. The summed E-state index contributed by atoms with van der Waals surface area (Å²) in [7, 11) is 0. The Hall–Kier alpha value is -0.500. The second-order valence-corrected chi connectivity index (χ2v) is 2.99. The molecule has 1 rings (SSSR count). The van der Waals surface area contributed by atoms with Crippen molar-refractivity contribution >= 4 is 11.8 Å². The van der Waals surface area contributed by atoms with Crippen molar-refractivity contribution in [3.63, 3.8) is 0 Å². The minimum Gasteiger partial charge on any atom is -0.207 e. The molecule has 54 valence electrons. The Morgan fingerprint density at radius 2 is 2.10 bits per heavy atom. The Kier molecular flexibility index (Phi) is 2.33. The molecule has 0 saturated carbocycles. The Morgan fingerprint density at radius 3 is 2.60 bits per heavy atom. The number of halogens is 1. The minimum absolute atomic E-state index is 0.127. The third-order valence-corrected chi connectivity index (χ3v) is 2.09. The molecule has 0 unspecified atom stereocenters. The summed E-state index contributed by atoms with van der Waals surface area (Å²) in [4.78, 5) is 1.11. The van der Waals surface area contributed by atoms with Crippen LogP contribution in [0, 0.1) is 12.7 Å². The maximum Gasteiger partial charge on any atom is 0.126 e. The zero-order chi connectivity index (χ0) is 7.56. The molecule has 0 aliphatic rings. The normalized spacial score (nSPS) is 9.90. The molecule has 0 atom stereocenters. The molecule has 0 aliphatic heterocycles. The fourth-order valence-electron chi connectivity index (χ4n) is 0.744. The van der Waals surface area contributed by atoms with E-state index in [-0.39, 0.29) is 5.82 Å². The summed E-state index contributed by atoms with van der Waals surface area (Å²) in [6.07, 6.45) is 1.98. The first kappa shape index (κ1) is 7.61. The van der Waals surface area contributed by atoms with Gasteiger partial charge in [0.1, 0.15) is 5.82 Å². The zero-order valence-corrected chi connectivity index (χ0v) is 6.83. The predicted molar refractivity (Wildman–Crippen MR) is 42.9 cm³/mol. The molecule has 1 aromatic carbocycles. The average Bonchev–Trinajstić information content (AvgIpc) is 1.95. The lowest BCUT2D eigenvalue weighted by molar-refractivity contribution is 0.617. The number of benzene rings is 1. The molecule has 0 heterocycles. The van der Waals surface area contributed by atoms with Crippen molar-refractivity contribution in [2.75, 3.05) is 6.26 Å². The Morgan fingerprint density at radius 1 is 1.40 bits per heavy atom. The summed E-state index contributed by atoms with van der Waals surface area (Å²) in [6.45, 7) is 1.77. The van der Waals surface area contributed by atoms with Crippen molar-refractivity contribution in [1.82, 2.24) is 0 Å². The van der Waals surface area contributed by atoms with E-state index < -0.39 is 0 Å². The minimum atomic E-state index is -0.127. The van der Waals surface area contributed by atoms with E-state index in [0.717, 1.165) is 4.90 Å². The quantitative estimate of drug-likeness (QED) is 0.563. The van der Waals surface area contributed by atoms with E-state index in [1.54, 1.807) is 24.8 Å². The van der Waals surface area contributed by atoms with Crippen molar-refractivity contribution in [2.45, 2.75) is 11.8 Å². The monoisotopic (exact) mass is 156 g/mol. The lowest BCUT2D eigenvalue weighted by Crippen LogP contribution is -1.80. The first-order valence-corrected chi connectivity index (χ1v) is 4.26. The first-order chi connectivity index (χ1) is 4.74. The van der Waals surface area contributed by atoms with Crippen LogP contribution in [0.15, 0.2) is 23.1 Å². The maximum absolute atomic E-state index is 12.6. The fraction of sp³-hybridized carbons (Fsp3) is 0.250. The van der Waals surface area contributed by atoms with Gasteiger partial charge in [0.15, 0.2) is 0 Å². The van der Waals surface area contributed by atoms with Crippen LogP contribution in [0.1, 0.15) is 5.56 Å². The SMILES string of the molecule is CSc1ccc(F)c(C)c1. The van der Waals surface area contributed by atoms with Crippen LogP contribution < -0.4 is 0 Å². The van der Waals surface area contributed by atoms with Crippen LogP contribution >= 0.6 is 11.8 Å². The van der Waals surface area contributed by atoms with Crippen LogP contribution in [0.5, 0.6) is 0 Å². The van der Waals surface area contributed by atoms with E-state index in [4.69, 9.17) is 0 Å². The maximum atomic E-state index is 12.6. The molecule has 2 heteroatoms. The third kappa shape index (κ3) is 1.51. The van der Waals surface area contributed by atoms with Crippen molar-refractivity contribution in [3.8, 4) is 0 Å². The number of thioether (sulfide) groups is 1. The van der Waals surface area contributed by atoms with Crippen molar-refractivity contribution in [2.24, 2.45) is 0 Å². The van der Waals surface area contributed by atoms with E-state index in [1.807, 2.05) is 12.3 Å². The van der Waals surface area contributed by atoms with Gasteiger partial charge in [0.05, 0.1) is 0 Å². The highest BCUT2D eigenvalue weighted by Crippen LogP contribution is 2.17. The van der Waals surface area contributed by atoms with Crippen LogP contribution in [0.25, 0.3) is 0 Å². The molecule has 0 nitrogen and oxygen atoms in total. The van der Waals surface area contributed by atoms with Gasteiger partial charge in [-0.25, -0.2) is 4.39 Å². The van der Waals surface area contributed by atoms with Crippen LogP contribution in [-0.2, 0) is 0 Å². The highest BCUT2D eigenvalue weighted by molar-refractivity contribution is 7.98. The van der Waals surface area contributed by atoms with Crippen LogP contribution in [0.3, 0.4) is 0 Å². The lowest BCUT2D eigenvalue weighted by Gasteiger charge is -1.97. The molecule has 0 saturated heterocycles. The Bertz CT molecular complexity index is 233. The summed E-state index contributed by atoms with van der Waals surface area (Å²) < 4.78 is 12.6. The summed E-state index contributed by atoms with van der Waals surface area (Å²) in [5.74, 6) is -0.127. The van der Waals surface area contributed by atoms with Crippen molar-refractivity contribution in [3.05, 3.63) is 29.6 Å². The zero-order valence-electron chi connectivity index (χ0n) is 6.02. The molecule has 0 spiro atoms. The largest absolute Gasteiger partial charge is 0.207 e. The number of aryl methyl sites for hydroxylation is 1.